The maximum Gasteiger partial charge on any atom is 0.0398 e. The molecule has 0 radical (unpaired) electrons. The van der Waals surface area contributed by atoms with Crippen molar-refractivity contribution in [1.29, 1.82) is 0 Å². The van der Waals surface area contributed by atoms with Gasteiger partial charge in [-0.2, -0.15) is 0 Å². The van der Waals surface area contributed by atoms with Gasteiger partial charge in [0.1, 0.15) is 0 Å². The van der Waals surface area contributed by atoms with E-state index < -0.39 is 0 Å². The van der Waals surface area contributed by atoms with Crippen molar-refractivity contribution in [3.63, 3.8) is 0 Å². The Balaban J connectivity index is 1.88. The van der Waals surface area contributed by atoms with Crippen molar-refractivity contribution in [3.8, 4) is 0 Å². The molecule has 0 N–H and O–H groups in total. The molecule has 0 aromatic heterocycles. The van der Waals surface area contributed by atoms with E-state index in [4.69, 9.17) is 0 Å². The van der Waals surface area contributed by atoms with Gasteiger partial charge in [0.05, 0.1) is 0 Å². The van der Waals surface area contributed by atoms with Gasteiger partial charge < -0.3 is 0 Å². The van der Waals surface area contributed by atoms with Crippen molar-refractivity contribution in [2.75, 3.05) is 0 Å². The van der Waals surface area contributed by atoms with Gasteiger partial charge in [-0.15, -0.1) is 0 Å². The van der Waals surface area contributed by atoms with Crippen molar-refractivity contribution >= 4 is 15.9 Å². The summed E-state index contributed by atoms with van der Waals surface area (Å²) in [6.45, 7) is 0. The number of hydrogen-bond acceptors (Lipinski definition) is 0. The Hall–Kier alpha value is -1.08. The Labute approximate surface area is 117 Å². The Morgan fingerprint density at radius 2 is 1.83 bits per heavy atom. The number of aryl methyl sites for hydroxylation is 1. The minimum atomic E-state index is 0.553. The second-order valence-corrected chi connectivity index (χ2v) is 6.16. The maximum atomic E-state index is 3.81. The van der Waals surface area contributed by atoms with Crippen LogP contribution in [0.5, 0.6) is 0 Å². The third-order valence-corrected chi connectivity index (χ3v) is 4.65. The normalized spacial score (nSPS) is 18.4. The number of benzene rings is 2. The summed E-state index contributed by atoms with van der Waals surface area (Å²) in [5.74, 6) is 0. The van der Waals surface area contributed by atoms with Crippen LogP contribution >= 0.6 is 15.9 Å². The third-order valence-electron chi connectivity index (χ3n) is 3.70. The van der Waals surface area contributed by atoms with E-state index in [0.29, 0.717) is 4.83 Å². The lowest BCUT2D eigenvalue weighted by Gasteiger charge is -2.21. The minimum absolute atomic E-state index is 0.553. The van der Waals surface area contributed by atoms with E-state index in [2.05, 4.69) is 64.5 Å². The molecule has 1 aliphatic carbocycles. The van der Waals surface area contributed by atoms with E-state index in [1.54, 1.807) is 0 Å². The lowest BCUT2D eigenvalue weighted by atomic mass is 9.89. The molecule has 0 heterocycles. The second kappa shape index (κ2) is 5.27. The van der Waals surface area contributed by atoms with E-state index in [0.717, 1.165) is 6.42 Å². The summed E-state index contributed by atoms with van der Waals surface area (Å²) in [6.07, 6.45) is 4.85. The zero-order chi connectivity index (χ0) is 12.4. The summed E-state index contributed by atoms with van der Waals surface area (Å²) in [5, 5.41) is 0. The first-order valence-corrected chi connectivity index (χ1v) is 7.54. The molecule has 3 rings (SSSR count). The molecule has 0 bridgehead atoms. The predicted octanol–water partition coefficient (Wildman–Crippen LogP) is 5.05. The smallest absolute Gasteiger partial charge is 0.0398 e. The summed E-state index contributed by atoms with van der Waals surface area (Å²) >= 11 is 3.81. The molecule has 18 heavy (non-hydrogen) atoms. The molecule has 1 aliphatic rings. The monoisotopic (exact) mass is 300 g/mol. The van der Waals surface area contributed by atoms with Crippen LogP contribution in [0.1, 0.15) is 39.9 Å². The summed E-state index contributed by atoms with van der Waals surface area (Å²) < 4.78 is 0. The van der Waals surface area contributed by atoms with Gasteiger partial charge in [0.15, 0.2) is 0 Å². The van der Waals surface area contributed by atoms with E-state index in [9.17, 15) is 0 Å². The van der Waals surface area contributed by atoms with E-state index in [1.807, 2.05) is 0 Å². The van der Waals surface area contributed by atoms with Gasteiger partial charge >= 0.3 is 0 Å². The maximum absolute atomic E-state index is 3.81. The molecule has 1 heteroatoms. The van der Waals surface area contributed by atoms with Crippen LogP contribution in [0.3, 0.4) is 0 Å². The zero-order valence-corrected chi connectivity index (χ0v) is 12.0. The molecular formula is C17H17Br. The highest BCUT2D eigenvalue weighted by atomic mass is 79.9. The first-order valence-electron chi connectivity index (χ1n) is 6.62. The van der Waals surface area contributed by atoms with Gasteiger partial charge in [0.25, 0.3) is 0 Å². The lowest BCUT2D eigenvalue weighted by molar-refractivity contribution is 0.680. The zero-order valence-electron chi connectivity index (χ0n) is 10.4. The number of rotatable bonds is 2. The molecule has 0 saturated heterocycles. The molecule has 0 aliphatic heterocycles. The van der Waals surface area contributed by atoms with Crippen LogP contribution in [-0.2, 0) is 12.8 Å². The number of hydrogen-bond donors (Lipinski definition) is 0. The van der Waals surface area contributed by atoms with Crippen LogP contribution in [0.2, 0.25) is 0 Å². The fourth-order valence-corrected chi connectivity index (χ4v) is 3.48. The van der Waals surface area contributed by atoms with Gasteiger partial charge in [-0.05, 0) is 47.9 Å². The third kappa shape index (κ3) is 2.51. The average Bonchev–Trinajstić information content (AvgIpc) is 2.41. The van der Waals surface area contributed by atoms with Crippen LogP contribution in [0, 0.1) is 0 Å². The quantitative estimate of drug-likeness (QED) is 0.681. The van der Waals surface area contributed by atoms with Crippen molar-refractivity contribution < 1.29 is 0 Å². The SMILES string of the molecule is BrC1CCCc2ccc(Cc3ccccc3)cc21. The second-order valence-electron chi connectivity index (χ2n) is 5.06. The largest absolute Gasteiger partial charge is 0.0839 e. The molecule has 2 aromatic rings. The van der Waals surface area contributed by atoms with Crippen molar-refractivity contribution in [2.24, 2.45) is 0 Å². The van der Waals surface area contributed by atoms with Crippen LogP contribution < -0.4 is 0 Å². The first-order chi connectivity index (χ1) is 8.83. The van der Waals surface area contributed by atoms with E-state index in [-0.39, 0.29) is 0 Å². The highest BCUT2D eigenvalue weighted by Crippen LogP contribution is 2.36. The molecule has 1 unspecified atom stereocenters. The Bertz CT molecular complexity index is 531. The standard InChI is InChI=1S/C17H17Br/c18-17-8-4-7-15-10-9-14(12-16(15)17)11-13-5-2-1-3-6-13/h1-3,5-6,9-10,12,17H,4,7-8,11H2. The topological polar surface area (TPSA) is 0 Å². The highest BCUT2D eigenvalue weighted by molar-refractivity contribution is 9.09. The van der Waals surface area contributed by atoms with Crippen molar-refractivity contribution in [3.05, 3.63) is 70.8 Å². The minimum Gasteiger partial charge on any atom is -0.0839 e. The highest BCUT2D eigenvalue weighted by Gasteiger charge is 2.17. The van der Waals surface area contributed by atoms with Gasteiger partial charge in [0, 0.05) is 4.83 Å². The van der Waals surface area contributed by atoms with Crippen molar-refractivity contribution in [1.82, 2.24) is 0 Å². The molecule has 92 valence electrons. The summed E-state index contributed by atoms with van der Waals surface area (Å²) in [5.41, 5.74) is 5.85. The Morgan fingerprint density at radius 1 is 1.00 bits per heavy atom. The van der Waals surface area contributed by atoms with Gasteiger partial charge in [-0.3, -0.25) is 0 Å². The Morgan fingerprint density at radius 3 is 2.67 bits per heavy atom. The number of halogens is 1. The van der Waals surface area contributed by atoms with Gasteiger partial charge in [0.2, 0.25) is 0 Å². The molecule has 0 saturated carbocycles. The average molecular weight is 301 g/mol. The van der Waals surface area contributed by atoms with Crippen LogP contribution in [-0.4, -0.2) is 0 Å². The van der Waals surface area contributed by atoms with E-state index in [1.165, 1.54) is 41.5 Å². The molecule has 1 atom stereocenters. The molecule has 0 spiro atoms. The fraction of sp³-hybridized carbons (Fsp3) is 0.294. The molecule has 0 nitrogen and oxygen atoms in total. The molecule has 2 aromatic carbocycles. The molecular weight excluding hydrogens is 284 g/mol. The van der Waals surface area contributed by atoms with E-state index >= 15 is 0 Å². The van der Waals surface area contributed by atoms with Crippen LogP contribution in [0.4, 0.5) is 0 Å². The fourth-order valence-electron chi connectivity index (χ4n) is 2.73. The van der Waals surface area contributed by atoms with Crippen LogP contribution in [0.15, 0.2) is 48.5 Å². The molecule has 0 amide bonds. The van der Waals surface area contributed by atoms with Gasteiger partial charge in [-0.25, -0.2) is 0 Å². The molecule has 0 fully saturated rings. The predicted molar refractivity (Wildman–Crippen MR) is 80.3 cm³/mol. The number of fused-ring (bicyclic) bond motifs is 1. The first kappa shape index (κ1) is 12.0. The van der Waals surface area contributed by atoms with Gasteiger partial charge in [-0.1, -0.05) is 64.5 Å². The lowest BCUT2D eigenvalue weighted by Crippen LogP contribution is -2.05. The summed E-state index contributed by atoms with van der Waals surface area (Å²) in [6, 6.07) is 17.7. The van der Waals surface area contributed by atoms with Crippen molar-refractivity contribution in [2.45, 2.75) is 30.5 Å². The number of alkyl halides is 1. The summed E-state index contributed by atoms with van der Waals surface area (Å²) in [7, 11) is 0. The summed E-state index contributed by atoms with van der Waals surface area (Å²) in [4.78, 5) is 0.553. The van der Waals surface area contributed by atoms with Crippen LogP contribution in [0.25, 0.3) is 0 Å². The Kier molecular flexibility index (Phi) is 3.51.